The number of aliphatic carboxylic acids is 1. The first kappa shape index (κ1) is 20.9. The SMILES string of the molecule is CCC1=CC(c2ccc(Cl)cc2)=CCC=C1CC(NC(=O)CCN)C(=O)O. The van der Waals surface area contributed by atoms with Crippen molar-refractivity contribution in [1.29, 1.82) is 0 Å². The monoisotopic (exact) mass is 388 g/mol. The van der Waals surface area contributed by atoms with Gasteiger partial charge in [0.05, 0.1) is 0 Å². The third-order valence-electron chi connectivity index (χ3n) is 4.43. The fraction of sp³-hybridized carbons (Fsp3) is 0.333. The van der Waals surface area contributed by atoms with Crippen LogP contribution in [0.15, 0.2) is 53.6 Å². The van der Waals surface area contributed by atoms with Gasteiger partial charge in [-0.05, 0) is 47.3 Å². The highest BCUT2D eigenvalue weighted by atomic mass is 35.5. The van der Waals surface area contributed by atoms with E-state index in [4.69, 9.17) is 17.3 Å². The lowest BCUT2D eigenvalue weighted by Gasteiger charge is -2.18. The predicted octanol–water partition coefficient (Wildman–Crippen LogP) is 3.70. The summed E-state index contributed by atoms with van der Waals surface area (Å²) in [7, 11) is 0. The van der Waals surface area contributed by atoms with Crippen LogP contribution >= 0.6 is 11.6 Å². The van der Waals surface area contributed by atoms with Crippen molar-refractivity contribution in [3.8, 4) is 0 Å². The summed E-state index contributed by atoms with van der Waals surface area (Å²) in [6, 6.07) is 6.67. The molecule has 27 heavy (non-hydrogen) atoms. The summed E-state index contributed by atoms with van der Waals surface area (Å²) >= 11 is 5.97. The minimum atomic E-state index is -1.05. The molecular weight excluding hydrogens is 364 g/mol. The van der Waals surface area contributed by atoms with Gasteiger partial charge >= 0.3 is 5.97 Å². The Morgan fingerprint density at radius 3 is 2.52 bits per heavy atom. The molecule has 0 spiro atoms. The predicted molar refractivity (Wildman–Crippen MR) is 108 cm³/mol. The van der Waals surface area contributed by atoms with Gasteiger partial charge in [-0.3, -0.25) is 4.79 Å². The van der Waals surface area contributed by atoms with Gasteiger partial charge in [0.2, 0.25) is 5.91 Å². The molecule has 0 radical (unpaired) electrons. The van der Waals surface area contributed by atoms with Gasteiger partial charge in [0, 0.05) is 24.4 Å². The fourth-order valence-electron chi connectivity index (χ4n) is 3.00. The summed E-state index contributed by atoms with van der Waals surface area (Å²) < 4.78 is 0. The zero-order valence-electron chi connectivity index (χ0n) is 15.4. The minimum Gasteiger partial charge on any atom is -0.480 e. The van der Waals surface area contributed by atoms with Crippen LogP contribution in [0, 0.1) is 0 Å². The molecule has 0 aliphatic heterocycles. The van der Waals surface area contributed by atoms with Crippen LogP contribution in [0.25, 0.3) is 5.57 Å². The molecule has 4 N–H and O–H groups in total. The van der Waals surface area contributed by atoms with Crippen LogP contribution in [0.3, 0.4) is 0 Å². The van der Waals surface area contributed by atoms with Gasteiger partial charge in [0.15, 0.2) is 0 Å². The molecule has 1 atom stereocenters. The van der Waals surface area contributed by atoms with Gasteiger partial charge < -0.3 is 16.2 Å². The van der Waals surface area contributed by atoms with Crippen molar-refractivity contribution in [3.05, 3.63) is 64.2 Å². The Bertz CT molecular complexity index is 779. The lowest BCUT2D eigenvalue weighted by atomic mass is 9.94. The number of rotatable bonds is 8. The number of hydrogen-bond acceptors (Lipinski definition) is 3. The quantitative estimate of drug-likeness (QED) is 0.633. The molecule has 6 heteroatoms. The summed E-state index contributed by atoms with van der Waals surface area (Å²) in [4.78, 5) is 23.4. The highest BCUT2D eigenvalue weighted by Gasteiger charge is 2.22. The molecule has 0 saturated carbocycles. The summed E-state index contributed by atoms with van der Waals surface area (Å²) in [5.74, 6) is -1.40. The Morgan fingerprint density at radius 2 is 1.93 bits per heavy atom. The van der Waals surface area contributed by atoms with Gasteiger partial charge in [-0.15, -0.1) is 0 Å². The molecule has 144 valence electrons. The molecule has 0 heterocycles. The van der Waals surface area contributed by atoms with Crippen molar-refractivity contribution in [2.45, 2.75) is 38.6 Å². The van der Waals surface area contributed by atoms with Crippen LogP contribution in [0.5, 0.6) is 0 Å². The molecular formula is C21H25ClN2O3. The molecule has 1 aromatic carbocycles. The van der Waals surface area contributed by atoms with E-state index >= 15 is 0 Å². The molecule has 0 aromatic heterocycles. The summed E-state index contributed by atoms with van der Waals surface area (Å²) in [6.45, 7) is 2.22. The largest absolute Gasteiger partial charge is 0.480 e. The summed E-state index contributed by atoms with van der Waals surface area (Å²) in [5, 5.41) is 12.7. The molecule has 1 unspecified atom stereocenters. The number of carboxylic acids is 1. The molecule has 5 nitrogen and oxygen atoms in total. The van der Waals surface area contributed by atoms with Crippen LogP contribution in [0.2, 0.25) is 5.02 Å². The smallest absolute Gasteiger partial charge is 0.326 e. The Morgan fingerprint density at radius 1 is 1.22 bits per heavy atom. The number of carbonyl (C=O) groups excluding carboxylic acids is 1. The lowest BCUT2D eigenvalue weighted by Crippen LogP contribution is -2.41. The van der Waals surface area contributed by atoms with E-state index in [-0.39, 0.29) is 25.3 Å². The number of nitrogens with one attached hydrogen (secondary N) is 1. The second-order valence-corrected chi connectivity index (χ2v) is 6.79. The second-order valence-electron chi connectivity index (χ2n) is 6.36. The van der Waals surface area contributed by atoms with E-state index in [0.717, 1.165) is 28.7 Å². The van der Waals surface area contributed by atoms with E-state index in [1.165, 1.54) is 0 Å². The van der Waals surface area contributed by atoms with E-state index in [1.54, 1.807) is 0 Å². The first-order valence-corrected chi connectivity index (χ1v) is 9.40. The number of nitrogens with two attached hydrogens (primary N) is 1. The first-order chi connectivity index (χ1) is 12.9. The Hall–Kier alpha value is -2.37. The maximum Gasteiger partial charge on any atom is 0.326 e. The van der Waals surface area contributed by atoms with Crippen molar-refractivity contribution < 1.29 is 14.7 Å². The van der Waals surface area contributed by atoms with E-state index < -0.39 is 12.0 Å². The van der Waals surface area contributed by atoms with E-state index in [1.807, 2.05) is 37.3 Å². The van der Waals surface area contributed by atoms with E-state index in [9.17, 15) is 14.7 Å². The standard InChI is InChI=1S/C21H25ClN2O3/c1-2-14-12-16(15-6-8-18(22)9-7-15)4-3-5-17(14)13-19(21(26)27)24-20(25)10-11-23/h4-9,12,19H,2-3,10-11,13,23H2,1H3,(H,24,25)(H,26,27). The van der Waals surface area contributed by atoms with Crippen LogP contribution < -0.4 is 11.1 Å². The number of allylic oxidation sites excluding steroid dienone is 5. The number of carboxylic acid groups (broad SMARTS) is 1. The third-order valence-corrected chi connectivity index (χ3v) is 4.68. The van der Waals surface area contributed by atoms with Gasteiger partial charge in [0.1, 0.15) is 6.04 Å². The first-order valence-electron chi connectivity index (χ1n) is 9.03. The highest BCUT2D eigenvalue weighted by Crippen LogP contribution is 2.29. The van der Waals surface area contributed by atoms with Gasteiger partial charge in [-0.1, -0.05) is 48.9 Å². The Kier molecular flexibility index (Phi) is 7.82. The lowest BCUT2D eigenvalue weighted by molar-refractivity contribution is -0.141. The molecule has 1 aliphatic rings. The summed E-state index contributed by atoms with van der Waals surface area (Å²) in [5.41, 5.74) is 9.51. The number of amides is 1. The van der Waals surface area contributed by atoms with Gasteiger partial charge in [-0.2, -0.15) is 0 Å². The number of hydrogen-bond donors (Lipinski definition) is 3. The summed E-state index contributed by atoms with van der Waals surface area (Å²) in [6.07, 6.45) is 8.03. The molecule has 0 saturated heterocycles. The van der Waals surface area contributed by atoms with Crippen LogP contribution in [-0.2, 0) is 9.59 Å². The molecule has 1 amide bonds. The van der Waals surface area contributed by atoms with Crippen molar-refractivity contribution in [2.75, 3.05) is 6.54 Å². The van der Waals surface area contributed by atoms with Gasteiger partial charge in [0.25, 0.3) is 0 Å². The highest BCUT2D eigenvalue weighted by molar-refractivity contribution is 6.30. The minimum absolute atomic E-state index is 0.113. The molecule has 1 aliphatic carbocycles. The number of halogens is 1. The maximum atomic E-state index is 11.8. The van der Waals surface area contributed by atoms with E-state index in [0.29, 0.717) is 11.4 Å². The van der Waals surface area contributed by atoms with Crippen molar-refractivity contribution in [3.63, 3.8) is 0 Å². The normalized spacial score (nSPS) is 15.1. The number of benzene rings is 1. The van der Waals surface area contributed by atoms with Crippen LogP contribution in [-0.4, -0.2) is 29.6 Å². The van der Waals surface area contributed by atoms with Crippen molar-refractivity contribution in [1.82, 2.24) is 5.32 Å². The molecule has 0 bridgehead atoms. The van der Waals surface area contributed by atoms with Crippen LogP contribution in [0.1, 0.15) is 38.2 Å². The fourth-order valence-corrected chi connectivity index (χ4v) is 3.13. The topological polar surface area (TPSA) is 92.4 Å². The van der Waals surface area contributed by atoms with Crippen LogP contribution in [0.4, 0.5) is 0 Å². The third kappa shape index (κ3) is 6.08. The zero-order chi connectivity index (χ0) is 19.8. The second kappa shape index (κ2) is 10.1. The van der Waals surface area contributed by atoms with Crippen molar-refractivity contribution in [2.24, 2.45) is 5.73 Å². The molecule has 1 aromatic rings. The number of carbonyl (C=O) groups is 2. The molecule has 0 fully saturated rings. The van der Waals surface area contributed by atoms with Gasteiger partial charge in [-0.25, -0.2) is 4.79 Å². The maximum absolute atomic E-state index is 11.8. The Labute approximate surface area is 164 Å². The molecule has 2 rings (SSSR count). The van der Waals surface area contributed by atoms with Crippen molar-refractivity contribution >= 4 is 29.1 Å². The Balaban J connectivity index is 2.20. The zero-order valence-corrected chi connectivity index (χ0v) is 16.1. The van der Waals surface area contributed by atoms with E-state index in [2.05, 4.69) is 17.5 Å². The average molecular weight is 389 g/mol. The average Bonchev–Trinajstić information content (AvgIpc) is 2.84.